The van der Waals surface area contributed by atoms with Gasteiger partial charge < -0.3 is 10.7 Å². The number of H-pyrrole nitrogens is 1. The Kier molecular flexibility index (Phi) is 5.56. The van der Waals surface area contributed by atoms with Crippen LogP contribution in [0.4, 0.5) is 10.6 Å². The van der Waals surface area contributed by atoms with Gasteiger partial charge in [0, 0.05) is 24.0 Å². The van der Waals surface area contributed by atoms with E-state index in [9.17, 15) is 9.59 Å². The van der Waals surface area contributed by atoms with Gasteiger partial charge in [0.25, 0.3) is 5.56 Å². The predicted octanol–water partition coefficient (Wildman–Crippen LogP) is 3.29. The molecule has 0 aliphatic heterocycles. The first kappa shape index (κ1) is 18.7. The normalized spacial score (nSPS) is 10.7. The van der Waals surface area contributed by atoms with Crippen LogP contribution >= 0.6 is 11.6 Å². The van der Waals surface area contributed by atoms with Crippen LogP contribution in [-0.4, -0.2) is 33.6 Å². The number of halogens is 1. The molecule has 3 rings (SSSR count). The quantitative estimate of drug-likeness (QED) is 0.384. The van der Waals surface area contributed by atoms with Crippen LogP contribution in [0.25, 0.3) is 16.6 Å². The molecule has 2 amide bonds. The monoisotopic (exact) mass is 386 g/mol. The molecule has 0 atom stereocenters. The second-order valence-electron chi connectivity index (χ2n) is 5.92. The fourth-order valence-corrected chi connectivity index (χ4v) is 2.84. The van der Waals surface area contributed by atoms with E-state index in [2.05, 4.69) is 20.7 Å². The molecule has 9 heteroatoms. The maximum absolute atomic E-state index is 12.7. The van der Waals surface area contributed by atoms with Crippen molar-refractivity contribution in [1.82, 2.24) is 20.1 Å². The molecule has 27 heavy (non-hydrogen) atoms. The minimum atomic E-state index is -0.407. The summed E-state index contributed by atoms with van der Waals surface area (Å²) in [5, 5.41) is 16.8. The van der Waals surface area contributed by atoms with E-state index < -0.39 is 6.03 Å². The second-order valence-corrected chi connectivity index (χ2v) is 6.36. The maximum atomic E-state index is 12.7. The van der Waals surface area contributed by atoms with Crippen LogP contribution in [0.5, 0.6) is 0 Å². The van der Waals surface area contributed by atoms with Gasteiger partial charge >= 0.3 is 6.03 Å². The number of carbonyl (C=O) groups is 1. The molecule has 0 aliphatic rings. The van der Waals surface area contributed by atoms with Gasteiger partial charge in [-0.25, -0.2) is 14.5 Å². The summed E-state index contributed by atoms with van der Waals surface area (Å²) in [6, 6.07) is 6.42. The molecular formula is C18H19ClN6O2. The number of aromatic amines is 1. The number of amides is 2. The minimum absolute atomic E-state index is 0.200. The number of anilines is 1. The van der Waals surface area contributed by atoms with Crippen molar-refractivity contribution >= 4 is 40.6 Å². The number of pyridine rings is 1. The summed E-state index contributed by atoms with van der Waals surface area (Å²) in [5.41, 5.74) is 0.970. The van der Waals surface area contributed by atoms with Crippen molar-refractivity contribution in [1.29, 1.82) is 5.41 Å². The van der Waals surface area contributed by atoms with Gasteiger partial charge in [0.1, 0.15) is 5.82 Å². The lowest BCUT2D eigenvalue weighted by atomic mass is 10.2. The lowest BCUT2D eigenvalue weighted by Gasteiger charge is -2.09. The van der Waals surface area contributed by atoms with Crippen molar-refractivity contribution in [2.75, 3.05) is 11.9 Å². The Morgan fingerprint density at radius 2 is 2.26 bits per heavy atom. The Bertz CT molecular complexity index is 1060. The van der Waals surface area contributed by atoms with Crippen molar-refractivity contribution in [3.63, 3.8) is 0 Å². The third kappa shape index (κ3) is 3.85. The standard InChI is InChI=1S/C18H19ClN6O2/c1-2-3-7-21-18(27)23-16-13(9-20)15-14(10-22-16)17(26)25(24-15)12-6-4-5-11(19)8-12/h4-6,8-10,20,24H,2-3,7H2,1H3,(H2,21,22,23,27). The average molecular weight is 387 g/mol. The molecular weight excluding hydrogens is 368 g/mol. The lowest BCUT2D eigenvalue weighted by Crippen LogP contribution is -2.30. The summed E-state index contributed by atoms with van der Waals surface area (Å²) >= 11 is 6.01. The first-order chi connectivity index (χ1) is 13.0. The Morgan fingerprint density at radius 3 is 2.96 bits per heavy atom. The van der Waals surface area contributed by atoms with Crippen molar-refractivity contribution in [3.05, 3.63) is 51.4 Å². The van der Waals surface area contributed by atoms with Gasteiger partial charge in [-0.3, -0.25) is 15.2 Å². The third-order valence-corrected chi connectivity index (χ3v) is 4.27. The highest BCUT2D eigenvalue weighted by atomic mass is 35.5. The van der Waals surface area contributed by atoms with Crippen LogP contribution < -0.4 is 16.2 Å². The van der Waals surface area contributed by atoms with Gasteiger partial charge in [0.05, 0.1) is 22.2 Å². The summed E-state index contributed by atoms with van der Waals surface area (Å²) in [5.74, 6) is 0.200. The number of fused-ring (bicyclic) bond motifs is 1. The molecule has 0 unspecified atom stereocenters. The van der Waals surface area contributed by atoms with Crippen molar-refractivity contribution in [2.45, 2.75) is 19.8 Å². The Balaban J connectivity index is 2.01. The molecule has 0 bridgehead atoms. The van der Waals surface area contributed by atoms with E-state index >= 15 is 0 Å². The fourth-order valence-electron chi connectivity index (χ4n) is 2.66. The SMILES string of the molecule is CCCCNC(=O)Nc1ncc2c(=O)n(-c3cccc(Cl)c3)[nH]c2c1C=N. The van der Waals surface area contributed by atoms with E-state index in [1.165, 1.54) is 10.9 Å². The number of rotatable bonds is 6. The Labute approximate surface area is 160 Å². The molecule has 4 N–H and O–H groups in total. The summed E-state index contributed by atoms with van der Waals surface area (Å²) in [4.78, 5) is 28.8. The molecule has 2 aromatic heterocycles. The zero-order valence-corrected chi connectivity index (χ0v) is 15.4. The van der Waals surface area contributed by atoms with Crippen LogP contribution in [-0.2, 0) is 0 Å². The number of hydrogen-bond donors (Lipinski definition) is 4. The van der Waals surface area contributed by atoms with Crippen LogP contribution in [0, 0.1) is 5.41 Å². The first-order valence-corrected chi connectivity index (χ1v) is 8.88. The number of nitrogens with one attached hydrogen (secondary N) is 4. The van der Waals surface area contributed by atoms with Gasteiger partial charge in [0.15, 0.2) is 0 Å². The minimum Gasteiger partial charge on any atom is -0.338 e. The van der Waals surface area contributed by atoms with E-state index in [1.54, 1.807) is 24.3 Å². The molecule has 0 spiro atoms. The lowest BCUT2D eigenvalue weighted by molar-refractivity contribution is 0.252. The number of aromatic nitrogens is 3. The van der Waals surface area contributed by atoms with Crippen LogP contribution in [0.3, 0.4) is 0 Å². The molecule has 1 aromatic carbocycles. The smallest absolute Gasteiger partial charge is 0.320 e. The molecule has 0 saturated heterocycles. The molecule has 8 nitrogen and oxygen atoms in total. The summed E-state index contributed by atoms with van der Waals surface area (Å²) in [6.07, 6.45) is 4.26. The van der Waals surface area contributed by atoms with Gasteiger partial charge in [-0.1, -0.05) is 31.0 Å². The number of hydrogen-bond acceptors (Lipinski definition) is 4. The van der Waals surface area contributed by atoms with Gasteiger partial charge in [-0.05, 0) is 24.6 Å². The summed E-state index contributed by atoms with van der Waals surface area (Å²) < 4.78 is 1.33. The van der Waals surface area contributed by atoms with Crippen molar-refractivity contribution in [3.8, 4) is 5.69 Å². The largest absolute Gasteiger partial charge is 0.338 e. The highest BCUT2D eigenvalue weighted by Crippen LogP contribution is 2.21. The summed E-state index contributed by atoms with van der Waals surface area (Å²) in [7, 11) is 0. The third-order valence-electron chi connectivity index (χ3n) is 4.03. The molecule has 2 heterocycles. The highest BCUT2D eigenvalue weighted by molar-refractivity contribution is 6.30. The molecule has 0 fully saturated rings. The maximum Gasteiger partial charge on any atom is 0.320 e. The zero-order valence-electron chi connectivity index (χ0n) is 14.7. The van der Waals surface area contributed by atoms with Crippen molar-refractivity contribution < 1.29 is 4.79 Å². The Morgan fingerprint density at radius 1 is 1.44 bits per heavy atom. The molecule has 0 saturated carbocycles. The predicted molar refractivity (Wildman–Crippen MR) is 107 cm³/mol. The van der Waals surface area contributed by atoms with Crippen LogP contribution in [0.1, 0.15) is 25.3 Å². The van der Waals surface area contributed by atoms with E-state index in [4.69, 9.17) is 17.0 Å². The molecule has 0 radical (unpaired) electrons. The van der Waals surface area contributed by atoms with E-state index in [-0.39, 0.29) is 11.4 Å². The highest BCUT2D eigenvalue weighted by Gasteiger charge is 2.16. The number of carbonyl (C=O) groups excluding carboxylic acids is 1. The Hall–Kier alpha value is -3.13. The van der Waals surface area contributed by atoms with E-state index in [1.807, 2.05) is 6.92 Å². The van der Waals surface area contributed by atoms with E-state index in [0.29, 0.717) is 33.7 Å². The van der Waals surface area contributed by atoms with Gasteiger partial charge in [-0.15, -0.1) is 0 Å². The fraction of sp³-hybridized carbons (Fsp3) is 0.222. The van der Waals surface area contributed by atoms with Gasteiger partial charge in [-0.2, -0.15) is 0 Å². The van der Waals surface area contributed by atoms with E-state index in [0.717, 1.165) is 19.1 Å². The van der Waals surface area contributed by atoms with Crippen molar-refractivity contribution in [2.24, 2.45) is 0 Å². The number of benzene rings is 1. The molecule has 0 aliphatic carbocycles. The van der Waals surface area contributed by atoms with Crippen LogP contribution in [0.2, 0.25) is 5.02 Å². The van der Waals surface area contributed by atoms with Gasteiger partial charge in [0.2, 0.25) is 0 Å². The number of urea groups is 1. The molecule has 3 aromatic rings. The number of unbranched alkanes of at least 4 members (excludes halogenated alkanes) is 1. The first-order valence-electron chi connectivity index (χ1n) is 8.50. The average Bonchev–Trinajstić information content (AvgIpc) is 2.98. The summed E-state index contributed by atoms with van der Waals surface area (Å²) in [6.45, 7) is 2.58. The van der Waals surface area contributed by atoms with Crippen LogP contribution in [0.15, 0.2) is 35.3 Å². The zero-order chi connectivity index (χ0) is 19.4. The number of nitrogens with zero attached hydrogens (tertiary/aromatic N) is 2. The topological polar surface area (TPSA) is 116 Å². The molecule has 140 valence electrons. The second kappa shape index (κ2) is 8.05.